The van der Waals surface area contributed by atoms with Gasteiger partial charge >= 0.3 is 0 Å². The van der Waals surface area contributed by atoms with Crippen LogP contribution in [0, 0.1) is 6.92 Å². The number of benzene rings is 2. The van der Waals surface area contributed by atoms with Gasteiger partial charge < -0.3 is 10.2 Å². The number of halogens is 3. The molecule has 0 spiro atoms. The summed E-state index contributed by atoms with van der Waals surface area (Å²) in [6.07, 6.45) is 1.00. The van der Waals surface area contributed by atoms with Crippen LogP contribution in [0.5, 0.6) is 0 Å². The van der Waals surface area contributed by atoms with Gasteiger partial charge in [0.15, 0.2) is 0 Å². The Labute approximate surface area is 216 Å². The minimum atomic E-state index is -3.87. The largest absolute Gasteiger partial charge is 0.352 e. The predicted octanol–water partition coefficient (Wildman–Crippen LogP) is 4.66. The molecule has 0 bridgehead atoms. The van der Waals surface area contributed by atoms with Crippen molar-refractivity contribution in [2.24, 2.45) is 0 Å². The molecule has 0 heterocycles. The number of carbonyl (C=O) groups excluding carboxylic acids is 2. The lowest BCUT2D eigenvalue weighted by molar-refractivity contribution is -0.139. The van der Waals surface area contributed by atoms with Crippen molar-refractivity contribution in [2.45, 2.75) is 46.3 Å². The number of anilines is 1. The summed E-state index contributed by atoms with van der Waals surface area (Å²) in [4.78, 5) is 27.6. The lowest BCUT2D eigenvalue weighted by Crippen LogP contribution is -2.52. The third-order valence-corrected chi connectivity index (χ3v) is 7.42. The molecule has 0 aromatic heterocycles. The van der Waals surface area contributed by atoms with Gasteiger partial charge in [0.25, 0.3) is 0 Å². The van der Waals surface area contributed by atoms with E-state index >= 15 is 0 Å². The van der Waals surface area contributed by atoms with Crippen LogP contribution in [0.4, 0.5) is 5.69 Å². The predicted molar refractivity (Wildman–Crippen MR) is 138 cm³/mol. The van der Waals surface area contributed by atoms with Gasteiger partial charge in [0.2, 0.25) is 21.8 Å². The summed E-state index contributed by atoms with van der Waals surface area (Å²) in [6.45, 7) is 6.21. The zero-order chi connectivity index (χ0) is 25.8. The van der Waals surface area contributed by atoms with Crippen molar-refractivity contribution < 1.29 is 18.0 Å². The van der Waals surface area contributed by atoms with E-state index in [4.69, 9.17) is 34.8 Å². The van der Waals surface area contributed by atoms with Gasteiger partial charge in [-0.15, -0.1) is 0 Å². The molecular weight excluding hydrogens is 521 g/mol. The van der Waals surface area contributed by atoms with Crippen LogP contribution in [0.1, 0.15) is 31.9 Å². The Morgan fingerprint density at radius 2 is 1.50 bits per heavy atom. The molecule has 7 nitrogen and oxygen atoms in total. The number of amides is 2. The molecule has 0 aliphatic carbocycles. The van der Waals surface area contributed by atoms with E-state index in [-0.39, 0.29) is 18.3 Å². The molecule has 1 N–H and O–H groups in total. The van der Waals surface area contributed by atoms with Gasteiger partial charge in [0, 0.05) is 33.2 Å². The topological polar surface area (TPSA) is 86.8 Å². The number of sulfonamides is 1. The SMILES string of the molecule is Cc1c(Cl)cccc1N(CC(=O)N(Cc1c(Cl)cccc1Cl)[C@H](C)C(=O)NC(C)C)S(C)(=O)=O. The highest BCUT2D eigenvalue weighted by molar-refractivity contribution is 7.92. The van der Waals surface area contributed by atoms with Crippen molar-refractivity contribution in [2.75, 3.05) is 17.1 Å². The Morgan fingerprint density at radius 3 is 2.03 bits per heavy atom. The highest BCUT2D eigenvalue weighted by Gasteiger charge is 2.31. The van der Waals surface area contributed by atoms with Crippen LogP contribution < -0.4 is 9.62 Å². The van der Waals surface area contributed by atoms with E-state index in [2.05, 4.69) is 5.32 Å². The molecule has 2 aromatic rings. The third kappa shape index (κ3) is 7.01. The van der Waals surface area contributed by atoms with Crippen molar-refractivity contribution in [3.05, 3.63) is 62.6 Å². The van der Waals surface area contributed by atoms with Gasteiger partial charge in [-0.25, -0.2) is 8.42 Å². The van der Waals surface area contributed by atoms with Crippen LogP contribution in [-0.4, -0.2) is 50.0 Å². The Hall–Kier alpha value is -2.00. The molecule has 0 aliphatic heterocycles. The van der Waals surface area contributed by atoms with Crippen LogP contribution in [0.3, 0.4) is 0 Å². The van der Waals surface area contributed by atoms with Crippen molar-refractivity contribution in [1.82, 2.24) is 10.2 Å². The first-order chi connectivity index (χ1) is 15.7. The lowest BCUT2D eigenvalue weighted by Gasteiger charge is -2.32. The molecule has 2 aromatic carbocycles. The number of carbonyl (C=O) groups is 2. The first-order valence-corrected chi connectivity index (χ1v) is 13.5. The second kappa shape index (κ2) is 11.6. The molecule has 1 atom stereocenters. The van der Waals surface area contributed by atoms with E-state index in [1.807, 2.05) is 0 Å². The molecule has 11 heteroatoms. The van der Waals surface area contributed by atoms with Crippen LogP contribution in [0.25, 0.3) is 0 Å². The van der Waals surface area contributed by atoms with Gasteiger partial charge in [-0.3, -0.25) is 13.9 Å². The molecule has 0 radical (unpaired) electrons. The summed E-state index contributed by atoms with van der Waals surface area (Å²) in [6, 6.07) is 8.65. The summed E-state index contributed by atoms with van der Waals surface area (Å²) >= 11 is 18.8. The van der Waals surface area contributed by atoms with Gasteiger partial charge in [0.05, 0.1) is 11.9 Å². The van der Waals surface area contributed by atoms with Crippen molar-refractivity contribution in [3.63, 3.8) is 0 Å². The second-order valence-corrected chi connectivity index (χ2v) is 11.3. The monoisotopic (exact) mass is 547 g/mol. The average Bonchev–Trinajstić information content (AvgIpc) is 2.72. The van der Waals surface area contributed by atoms with Crippen LogP contribution in [0.15, 0.2) is 36.4 Å². The fraction of sp³-hybridized carbons (Fsp3) is 0.391. The molecule has 2 rings (SSSR count). The van der Waals surface area contributed by atoms with E-state index in [0.29, 0.717) is 26.2 Å². The summed E-state index contributed by atoms with van der Waals surface area (Å²) < 4.78 is 26.3. The van der Waals surface area contributed by atoms with Crippen LogP contribution in [-0.2, 0) is 26.2 Å². The standard InChI is InChI=1S/C23H28Cl3N3O4S/c1-14(2)27-23(31)16(4)28(12-17-19(25)9-6-10-20(17)26)22(30)13-29(34(5,32)33)21-11-7-8-18(24)15(21)3/h6-11,14,16H,12-13H2,1-5H3,(H,27,31)/t16-/m1/s1. The molecule has 0 saturated carbocycles. The van der Waals surface area contributed by atoms with Crippen molar-refractivity contribution in [3.8, 4) is 0 Å². The normalized spacial score (nSPS) is 12.4. The molecule has 186 valence electrons. The summed E-state index contributed by atoms with van der Waals surface area (Å²) in [7, 11) is -3.87. The van der Waals surface area contributed by atoms with Crippen molar-refractivity contribution >= 4 is 62.3 Å². The number of nitrogens with one attached hydrogen (secondary N) is 1. The second-order valence-electron chi connectivity index (χ2n) is 8.21. The minimum absolute atomic E-state index is 0.0872. The number of hydrogen-bond donors (Lipinski definition) is 1. The fourth-order valence-electron chi connectivity index (χ4n) is 3.30. The minimum Gasteiger partial charge on any atom is -0.352 e. The molecule has 34 heavy (non-hydrogen) atoms. The van der Waals surface area contributed by atoms with Gasteiger partial charge in [-0.05, 0) is 57.5 Å². The van der Waals surface area contributed by atoms with Gasteiger partial charge in [-0.2, -0.15) is 0 Å². The maximum Gasteiger partial charge on any atom is 0.244 e. The number of nitrogens with zero attached hydrogens (tertiary/aromatic N) is 2. The molecule has 0 unspecified atom stereocenters. The lowest BCUT2D eigenvalue weighted by atomic mass is 10.1. The third-order valence-electron chi connectivity index (χ3n) is 5.18. The van der Waals surface area contributed by atoms with E-state index in [1.165, 1.54) is 4.90 Å². The Bertz CT molecular complexity index is 1150. The fourth-order valence-corrected chi connectivity index (χ4v) is 4.89. The Kier molecular flexibility index (Phi) is 9.65. The van der Waals surface area contributed by atoms with E-state index in [1.54, 1.807) is 64.1 Å². The van der Waals surface area contributed by atoms with E-state index < -0.39 is 34.4 Å². The molecular formula is C23H28Cl3N3O4S. The summed E-state index contributed by atoms with van der Waals surface area (Å²) in [5, 5.41) is 3.79. The Balaban J connectivity index is 2.50. The maximum atomic E-state index is 13.5. The Morgan fingerprint density at radius 1 is 0.971 bits per heavy atom. The van der Waals surface area contributed by atoms with Crippen molar-refractivity contribution in [1.29, 1.82) is 0 Å². The van der Waals surface area contributed by atoms with Crippen LogP contribution >= 0.6 is 34.8 Å². The molecule has 2 amide bonds. The smallest absolute Gasteiger partial charge is 0.244 e. The van der Waals surface area contributed by atoms with Gasteiger partial charge in [0.1, 0.15) is 12.6 Å². The maximum absolute atomic E-state index is 13.5. The zero-order valence-corrected chi connectivity index (χ0v) is 22.7. The summed E-state index contributed by atoms with van der Waals surface area (Å²) in [5.41, 5.74) is 1.24. The summed E-state index contributed by atoms with van der Waals surface area (Å²) in [5.74, 6) is -0.997. The van der Waals surface area contributed by atoms with Gasteiger partial charge in [-0.1, -0.05) is 46.9 Å². The highest BCUT2D eigenvalue weighted by atomic mass is 35.5. The van der Waals surface area contributed by atoms with E-state index in [0.717, 1.165) is 10.6 Å². The van der Waals surface area contributed by atoms with E-state index in [9.17, 15) is 18.0 Å². The average molecular weight is 549 g/mol. The number of hydrogen-bond acceptors (Lipinski definition) is 4. The molecule has 0 saturated heterocycles. The zero-order valence-electron chi connectivity index (χ0n) is 19.6. The highest BCUT2D eigenvalue weighted by Crippen LogP contribution is 2.30. The first kappa shape index (κ1) is 28.2. The van der Waals surface area contributed by atoms with Crippen LogP contribution in [0.2, 0.25) is 15.1 Å². The first-order valence-electron chi connectivity index (χ1n) is 10.5. The quantitative estimate of drug-likeness (QED) is 0.494. The number of rotatable bonds is 9. The molecule has 0 fully saturated rings. The molecule has 0 aliphatic rings.